The topological polar surface area (TPSA) is 187 Å². The van der Waals surface area contributed by atoms with Crippen LogP contribution in [0.4, 0.5) is 0 Å². The van der Waals surface area contributed by atoms with Gasteiger partial charge < -0.3 is 14.8 Å². The number of carbonyl (C=O) groups is 3. The smallest absolute Gasteiger partial charge is 0.308 e. The number of nitrogens with one attached hydrogen (secondary N) is 2. The molecule has 222 valence electrons. The zero-order chi connectivity index (χ0) is 30.4. The molecule has 1 aromatic heterocycles. The molecule has 2 rings (SSSR count). The molecular weight excluding hydrogens is 605 g/mol. The number of ether oxygens (including phenoxy) is 1. The predicted molar refractivity (Wildman–Crippen MR) is 149 cm³/mol. The summed E-state index contributed by atoms with van der Waals surface area (Å²) in [5.74, 6) is -2.06. The molecule has 1 heterocycles. The van der Waals surface area contributed by atoms with Gasteiger partial charge in [-0.2, -0.15) is 0 Å². The van der Waals surface area contributed by atoms with Crippen LogP contribution >= 0.6 is 11.3 Å². The van der Waals surface area contributed by atoms with Gasteiger partial charge in [-0.3, -0.25) is 9.59 Å². The van der Waals surface area contributed by atoms with Gasteiger partial charge in [0.15, 0.2) is 19.7 Å². The highest BCUT2D eigenvalue weighted by Crippen LogP contribution is 2.21. The normalized spacial score (nSPS) is 13.4. The van der Waals surface area contributed by atoms with Crippen molar-refractivity contribution in [3.05, 3.63) is 46.8 Å². The van der Waals surface area contributed by atoms with Gasteiger partial charge in [0.05, 0.1) is 33.7 Å². The van der Waals surface area contributed by atoms with Gasteiger partial charge >= 0.3 is 5.97 Å². The minimum absolute atomic E-state index is 0.0211. The maximum Gasteiger partial charge on any atom is 0.308 e. The van der Waals surface area contributed by atoms with Gasteiger partial charge in [0.1, 0.15) is 16.1 Å². The number of esters is 1. The molecule has 0 saturated carbocycles. The summed E-state index contributed by atoms with van der Waals surface area (Å²) >= 11 is 0.812. The van der Waals surface area contributed by atoms with E-state index in [4.69, 9.17) is 4.74 Å². The molecule has 0 spiro atoms. The Hall–Kier alpha value is -2.66. The van der Waals surface area contributed by atoms with Crippen LogP contribution in [0.3, 0.4) is 0 Å². The number of benzene rings is 1. The van der Waals surface area contributed by atoms with Crippen LogP contribution in [0.5, 0.6) is 0 Å². The van der Waals surface area contributed by atoms with Crippen LogP contribution in [0.15, 0.2) is 45.5 Å². The molecule has 0 unspecified atom stereocenters. The summed E-state index contributed by atoms with van der Waals surface area (Å²) in [7, 11) is -11.4. The van der Waals surface area contributed by atoms with Gasteiger partial charge in [-0.25, -0.2) is 30.0 Å². The standard InChI is InChI=1S/C24H32N2O10S4/c1-24(2,3)36-21(28)14-18(15-27)26-40(34,35)19-8-5-7-17(13-19)16-39(32,33)12-6-11-25-23(29)20-9-10-22(37-20)38(4,30)31/h5,7-10,13,15,18,26H,6,11-12,14,16H2,1-4H3,(H,25,29)/t18-/m0/s1. The molecule has 1 aromatic carbocycles. The van der Waals surface area contributed by atoms with Crippen molar-refractivity contribution in [2.45, 2.75) is 60.1 Å². The summed E-state index contributed by atoms with van der Waals surface area (Å²) in [5.41, 5.74) is -0.628. The lowest BCUT2D eigenvalue weighted by molar-refractivity contribution is -0.155. The lowest BCUT2D eigenvalue weighted by Crippen LogP contribution is -2.39. The molecule has 0 aliphatic heterocycles. The molecule has 12 nitrogen and oxygen atoms in total. The van der Waals surface area contributed by atoms with Crippen molar-refractivity contribution in [2.24, 2.45) is 0 Å². The number of hydrogen-bond donors (Lipinski definition) is 2. The molecule has 0 radical (unpaired) electrons. The predicted octanol–water partition coefficient (Wildman–Crippen LogP) is 1.46. The summed E-state index contributed by atoms with van der Waals surface area (Å²) in [5, 5.41) is 2.54. The summed E-state index contributed by atoms with van der Waals surface area (Å²) in [6, 6.07) is 6.49. The van der Waals surface area contributed by atoms with Crippen molar-refractivity contribution >= 4 is 59.2 Å². The van der Waals surface area contributed by atoms with Gasteiger partial charge in [0.2, 0.25) is 10.0 Å². The molecule has 0 aliphatic carbocycles. The van der Waals surface area contributed by atoms with E-state index in [0.717, 1.165) is 23.7 Å². The van der Waals surface area contributed by atoms with Crippen LogP contribution < -0.4 is 10.0 Å². The quantitative estimate of drug-likeness (QED) is 0.175. The minimum atomic E-state index is -4.27. The van der Waals surface area contributed by atoms with E-state index in [2.05, 4.69) is 10.0 Å². The van der Waals surface area contributed by atoms with Crippen molar-refractivity contribution in [3.63, 3.8) is 0 Å². The van der Waals surface area contributed by atoms with E-state index < -0.39 is 65.4 Å². The maximum absolute atomic E-state index is 12.8. The van der Waals surface area contributed by atoms with Crippen molar-refractivity contribution in [3.8, 4) is 0 Å². The van der Waals surface area contributed by atoms with E-state index in [1.807, 2.05) is 0 Å². The Labute approximate surface area is 238 Å². The highest BCUT2D eigenvalue weighted by atomic mass is 32.2. The monoisotopic (exact) mass is 636 g/mol. The average molecular weight is 637 g/mol. The number of aldehydes is 1. The number of amides is 1. The number of rotatable bonds is 14. The second kappa shape index (κ2) is 13.3. The molecule has 1 amide bonds. The molecule has 16 heteroatoms. The SMILES string of the molecule is CC(C)(C)OC(=O)C[C@@H](C=O)NS(=O)(=O)c1cccc(CS(=O)(=O)CCCNC(=O)c2ccc(S(C)(=O)=O)s2)c1. The molecular formula is C24H32N2O10S4. The summed E-state index contributed by atoms with van der Waals surface area (Å²) < 4.78 is 81.2. The van der Waals surface area contributed by atoms with E-state index in [9.17, 15) is 39.6 Å². The minimum Gasteiger partial charge on any atom is -0.460 e. The van der Waals surface area contributed by atoms with Crippen LogP contribution in [0.1, 0.15) is 48.8 Å². The van der Waals surface area contributed by atoms with Gasteiger partial charge in [-0.15, -0.1) is 11.3 Å². The molecule has 0 fully saturated rings. The maximum atomic E-state index is 12.8. The third kappa shape index (κ3) is 11.1. The molecule has 2 aromatic rings. The average Bonchev–Trinajstić information content (AvgIpc) is 3.31. The fourth-order valence-electron chi connectivity index (χ4n) is 3.30. The number of carbonyl (C=O) groups excluding carboxylic acids is 3. The molecule has 0 aliphatic rings. The number of thiophene rings is 1. The van der Waals surface area contributed by atoms with Crippen molar-refractivity contribution < 1.29 is 44.4 Å². The highest BCUT2D eigenvalue weighted by molar-refractivity contribution is 7.92. The fraction of sp³-hybridized carbons (Fsp3) is 0.458. The Morgan fingerprint density at radius 3 is 2.30 bits per heavy atom. The van der Waals surface area contributed by atoms with Crippen LogP contribution in [0.2, 0.25) is 0 Å². The van der Waals surface area contributed by atoms with E-state index in [1.165, 1.54) is 30.3 Å². The first-order valence-electron chi connectivity index (χ1n) is 11.9. The molecule has 1 atom stereocenters. The van der Waals surface area contributed by atoms with Crippen LogP contribution in [-0.4, -0.2) is 73.6 Å². The highest BCUT2D eigenvalue weighted by Gasteiger charge is 2.25. The van der Waals surface area contributed by atoms with Crippen LogP contribution in [0, 0.1) is 0 Å². The summed E-state index contributed by atoms with van der Waals surface area (Å²) in [6.45, 7) is 4.91. The molecule has 2 N–H and O–H groups in total. The third-order valence-corrected chi connectivity index (χ3v) is 11.0. The summed E-state index contributed by atoms with van der Waals surface area (Å²) in [4.78, 5) is 35.5. The zero-order valence-corrected chi connectivity index (χ0v) is 25.6. The Balaban J connectivity index is 1.95. The third-order valence-electron chi connectivity index (χ3n) is 4.96. The first-order chi connectivity index (χ1) is 18.3. The second-order valence-corrected chi connectivity index (χ2v) is 17.1. The number of hydrogen-bond acceptors (Lipinski definition) is 11. The Kier molecular flexibility index (Phi) is 11.2. The van der Waals surface area contributed by atoms with E-state index in [0.29, 0.717) is 0 Å². The zero-order valence-electron chi connectivity index (χ0n) is 22.4. The Morgan fingerprint density at radius 1 is 1.05 bits per heavy atom. The van der Waals surface area contributed by atoms with Crippen LogP contribution in [0.25, 0.3) is 0 Å². The van der Waals surface area contributed by atoms with Crippen LogP contribution in [-0.2, 0) is 49.8 Å². The molecule has 0 bridgehead atoms. The first kappa shape index (κ1) is 33.5. The van der Waals surface area contributed by atoms with Crippen molar-refractivity contribution in [1.82, 2.24) is 10.0 Å². The van der Waals surface area contributed by atoms with E-state index in [1.54, 1.807) is 20.8 Å². The van der Waals surface area contributed by atoms with Crippen molar-refractivity contribution in [2.75, 3.05) is 18.6 Å². The number of sulfone groups is 2. The fourth-order valence-corrected chi connectivity index (χ4v) is 7.80. The van der Waals surface area contributed by atoms with Crippen molar-refractivity contribution in [1.29, 1.82) is 0 Å². The first-order valence-corrected chi connectivity index (χ1v) is 17.9. The van der Waals surface area contributed by atoms with Gasteiger partial charge in [0.25, 0.3) is 5.91 Å². The van der Waals surface area contributed by atoms with Gasteiger partial charge in [0, 0.05) is 12.8 Å². The largest absolute Gasteiger partial charge is 0.460 e. The number of sulfonamides is 1. The van der Waals surface area contributed by atoms with E-state index >= 15 is 0 Å². The Bertz CT molecular complexity index is 1550. The lowest BCUT2D eigenvalue weighted by atomic mass is 10.2. The summed E-state index contributed by atoms with van der Waals surface area (Å²) in [6.07, 6.45) is 0.860. The Morgan fingerprint density at radius 2 is 1.73 bits per heavy atom. The van der Waals surface area contributed by atoms with Gasteiger partial charge in [-0.05, 0) is 57.0 Å². The molecule has 40 heavy (non-hydrogen) atoms. The van der Waals surface area contributed by atoms with E-state index in [-0.39, 0.29) is 44.5 Å². The van der Waals surface area contributed by atoms with Gasteiger partial charge in [-0.1, -0.05) is 12.1 Å². The lowest BCUT2D eigenvalue weighted by Gasteiger charge is -2.21. The second-order valence-electron chi connectivity index (χ2n) is 9.89. The molecule has 0 saturated heterocycles.